The van der Waals surface area contributed by atoms with Crippen LogP contribution in [-0.2, 0) is 0 Å². The number of alkyl halides is 1. The molecule has 0 saturated carbocycles. The highest BCUT2D eigenvalue weighted by molar-refractivity contribution is 6.18. The molecule has 0 aliphatic heterocycles. The van der Waals surface area contributed by atoms with Crippen molar-refractivity contribution < 1.29 is 0 Å². The van der Waals surface area contributed by atoms with Crippen LogP contribution in [0.25, 0.3) is 0 Å². The van der Waals surface area contributed by atoms with Gasteiger partial charge in [-0.3, -0.25) is 0 Å². The molecule has 0 radical (unpaired) electrons. The van der Waals surface area contributed by atoms with Crippen LogP contribution in [0, 0.1) is 0 Å². The van der Waals surface area contributed by atoms with E-state index in [1.165, 1.54) is 25.7 Å². The number of halogens is 1. The van der Waals surface area contributed by atoms with Crippen molar-refractivity contribution in [3.63, 3.8) is 0 Å². The maximum absolute atomic E-state index is 5.47. The maximum Gasteiger partial charge on any atom is 0.0404 e. The van der Waals surface area contributed by atoms with Gasteiger partial charge in [0.15, 0.2) is 0 Å². The zero-order chi connectivity index (χ0) is 9.07. The summed E-state index contributed by atoms with van der Waals surface area (Å²) in [6.07, 6.45) is 14.8. The van der Waals surface area contributed by atoms with E-state index in [0.717, 1.165) is 6.42 Å². The maximum atomic E-state index is 5.47. The van der Waals surface area contributed by atoms with Crippen LogP contribution in [0.4, 0.5) is 0 Å². The summed E-state index contributed by atoms with van der Waals surface area (Å²) in [7, 11) is 0. The topological polar surface area (TPSA) is 0 Å². The predicted octanol–water partition coefficient (Wildman–Crippen LogP) is 4.31. The second-order valence-corrected chi connectivity index (χ2v) is 3.14. The molecule has 0 atom stereocenters. The van der Waals surface area contributed by atoms with Gasteiger partial charge in [0.25, 0.3) is 0 Å². The molecule has 0 spiro atoms. The van der Waals surface area contributed by atoms with Gasteiger partial charge in [-0.05, 0) is 19.3 Å². The lowest BCUT2D eigenvalue weighted by molar-refractivity contribution is 0.728. The van der Waals surface area contributed by atoms with Crippen molar-refractivity contribution >= 4 is 11.6 Å². The van der Waals surface area contributed by atoms with Gasteiger partial charge >= 0.3 is 0 Å². The highest BCUT2D eigenvalue weighted by Gasteiger charge is 1.80. The molecular formula is C11H19Cl. The Hall–Kier alpha value is -0.230. The fourth-order valence-electron chi connectivity index (χ4n) is 0.964. The number of hydrogen-bond acceptors (Lipinski definition) is 0. The van der Waals surface area contributed by atoms with Crippen LogP contribution in [0.5, 0.6) is 0 Å². The van der Waals surface area contributed by atoms with Crippen molar-refractivity contribution in [1.82, 2.24) is 0 Å². The molecule has 70 valence electrons. The lowest BCUT2D eigenvalue weighted by atomic mass is 10.2. The monoisotopic (exact) mass is 186 g/mol. The summed E-state index contributed by atoms with van der Waals surface area (Å²) in [5, 5.41) is 0. The van der Waals surface area contributed by atoms with Crippen LogP contribution < -0.4 is 0 Å². The van der Waals surface area contributed by atoms with Crippen molar-refractivity contribution in [3.8, 4) is 0 Å². The molecule has 0 aromatic rings. The van der Waals surface area contributed by atoms with Gasteiger partial charge in [-0.25, -0.2) is 0 Å². The summed E-state index contributed by atoms with van der Waals surface area (Å²) >= 11 is 5.47. The van der Waals surface area contributed by atoms with Crippen LogP contribution in [0.1, 0.15) is 39.0 Å². The van der Waals surface area contributed by atoms with E-state index in [-0.39, 0.29) is 0 Å². The first kappa shape index (κ1) is 11.8. The fourth-order valence-corrected chi connectivity index (χ4v) is 1.09. The molecular weight excluding hydrogens is 168 g/mol. The minimum Gasteiger partial charge on any atom is -0.122 e. The molecule has 0 aromatic heterocycles. The largest absolute Gasteiger partial charge is 0.122 e. The van der Waals surface area contributed by atoms with Gasteiger partial charge in [0.1, 0.15) is 0 Å². The van der Waals surface area contributed by atoms with Crippen LogP contribution in [0.2, 0.25) is 0 Å². The van der Waals surface area contributed by atoms with Crippen molar-refractivity contribution in [2.75, 3.05) is 5.88 Å². The number of unbranched alkanes of at least 4 members (excludes halogenated alkanes) is 3. The third kappa shape index (κ3) is 9.77. The van der Waals surface area contributed by atoms with E-state index in [4.69, 9.17) is 11.6 Å². The van der Waals surface area contributed by atoms with Crippen LogP contribution in [0.15, 0.2) is 24.3 Å². The standard InChI is InChI=1S/C11H19Cl/c1-2-3-4-5-6-7-8-9-10-11-12/h6-7,9-10H,2-5,8,11H2,1H3/b7-6+,10-9+. The van der Waals surface area contributed by atoms with Gasteiger partial charge in [-0.1, -0.05) is 44.1 Å². The van der Waals surface area contributed by atoms with E-state index >= 15 is 0 Å². The van der Waals surface area contributed by atoms with Gasteiger partial charge in [0.2, 0.25) is 0 Å². The first-order valence-corrected chi connectivity index (χ1v) is 5.31. The zero-order valence-corrected chi connectivity index (χ0v) is 8.69. The molecule has 12 heavy (non-hydrogen) atoms. The molecule has 0 fully saturated rings. The Labute approximate surface area is 81.3 Å². The van der Waals surface area contributed by atoms with Gasteiger partial charge in [-0.2, -0.15) is 0 Å². The lowest BCUT2D eigenvalue weighted by Gasteiger charge is -1.90. The fraction of sp³-hybridized carbons (Fsp3) is 0.636. The zero-order valence-electron chi connectivity index (χ0n) is 7.93. The minimum absolute atomic E-state index is 0.629. The van der Waals surface area contributed by atoms with E-state index in [2.05, 4.69) is 25.2 Å². The Morgan fingerprint density at radius 2 is 1.75 bits per heavy atom. The quantitative estimate of drug-likeness (QED) is 0.316. The molecule has 0 bridgehead atoms. The van der Waals surface area contributed by atoms with Crippen LogP contribution in [-0.4, -0.2) is 5.88 Å². The molecule has 0 aliphatic carbocycles. The SMILES string of the molecule is CCCCC/C=C/C/C=C/CCl. The van der Waals surface area contributed by atoms with Crippen molar-refractivity contribution in [1.29, 1.82) is 0 Å². The first-order valence-electron chi connectivity index (χ1n) is 4.77. The number of allylic oxidation sites excluding steroid dienone is 4. The van der Waals surface area contributed by atoms with Crippen molar-refractivity contribution in [2.24, 2.45) is 0 Å². The summed E-state index contributed by atoms with van der Waals surface area (Å²) in [5.41, 5.74) is 0. The van der Waals surface area contributed by atoms with E-state index in [9.17, 15) is 0 Å². The molecule has 0 aromatic carbocycles. The average molecular weight is 187 g/mol. The first-order chi connectivity index (χ1) is 5.91. The smallest absolute Gasteiger partial charge is 0.0404 e. The Balaban J connectivity index is 3.08. The molecule has 0 nitrogen and oxygen atoms in total. The van der Waals surface area contributed by atoms with E-state index < -0.39 is 0 Å². The Morgan fingerprint density at radius 1 is 1.00 bits per heavy atom. The minimum atomic E-state index is 0.629. The second-order valence-electron chi connectivity index (χ2n) is 2.83. The highest BCUT2D eigenvalue weighted by Crippen LogP contribution is 2.00. The normalized spacial score (nSPS) is 11.8. The van der Waals surface area contributed by atoms with Gasteiger partial charge < -0.3 is 0 Å². The van der Waals surface area contributed by atoms with Crippen molar-refractivity contribution in [3.05, 3.63) is 24.3 Å². The summed E-state index contributed by atoms with van der Waals surface area (Å²) in [6.45, 7) is 2.23. The van der Waals surface area contributed by atoms with Gasteiger partial charge in [-0.15, -0.1) is 11.6 Å². The average Bonchev–Trinajstić information content (AvgIpc) is 2.10. The molecule has 1 heteroatoms. The lowest BCUT2D eigenvalue weighted by Crippen LogP contribution is -1.70. The van der Waals surface area contributed by atoms with Gasteiger partial charge in [0, 0.05) is 5.88 Å². The predicted molar refractivity (Wildman–Crippen MR) is 57.8 cm³/mol. The summed E-state index contributed by atoms with van der Waals surface area (Å²) in [5.74, 6) is 0.629. The third-order valence-corrected chi connectivity index (χ3v) is 1.85. The molecule has 0 aliphatic rings. The second kappa shape index (κ2) is 10.8. The Bertz CT molecular complexity index is 125. The van der Waals surface area contributed by atoms with E-state index in [1.807, 2.05) is 6.08 Å². The molecule has 0 amide bonds. The van der Waals surface area contributed by atoms with Gasteiger partial charge in [0.05, 0.1) is 0 Å². The highest BCUT2D eigenvalue weighted by atomic mass is 35.5. The van der Waals surface area contributed by atoms with E-state index in [0.29, 0.717) is 5.88 Å². The molecule has 0 saturated heterocycles. The number of rotatable bonds is 7. The summed E-state index contributed by atoms with van der Waals surface area (Å²) in [4.78, 5) is 0. The van der Waals surface area contributed by atoms with Crippen LogP contribution in [0.3, 0.4) is 0 Å². The third-order valence-electron chi connectivity index (χ3n) is 1.67. The molecule has 0 N–H and O–H groups in total. The van der Waals surface area contributed by atoms with Crippen LogP contribution >= 0.6 is 11.6 Å². The Kier molecular flexibility index (Phi) is 10.6. The van der Waals surface area contributed by atoms with Crippen molar-refractivity contribution in [2.45, 2.75) is 39.0 Å². The van der Waals surface area contributed by atoms with E-state index in [1.54, 1.807) is 0 Å². The molecule has 0 heterocycles. The Morgan fingerprint density at radius 3 is 2.42 bits per heavy atom. The summed E-state index contributed by atoms with van der Waals surface area (Å²) in [6, 6.07) is 0. The molecule has 0 unspecified atom stereocenters. The number of hydrogen-bond donors (Lipinski definition) is 0. The molecule has 0 rings (SSSR count). The summed E-state index contributed by atoms with van der Waals surface area (Å²) < 4.78 is 0.